The molecule has 0 aliphatic heterocycles. The fourth-order valence-corrected chi connectivity index (χ4v) is 3.29. The van der Waals surface area contributed by atoms with Gasteiger partial charge in [0.1, 0.15) is 5.60 Å². The van der Waals surface area contributed by atoms with Crippen molar-refractivity contribution in [3.8, 4) is 0 Å². The summed E-state index contributed by atoms with van der Waals surface area (Å²) in [5, 5.41) is 4.09. The molecule has 1 unspecified atom stereocenters. The van der Waals surface area contributed by atoms with Crippen LogP contribution in [-0.4, -0.2) is 23.3 Å². The van der Waals surface area contributed by atoms with Crippen molar-refractivity contribution in [1.29, 1.82) is 0 Å². The maximum atomic E-state index is 6.25. The molecule has 1 atom stereocenters. The van der Waals surface area contributed by atoms with E-state index >= 15 is 0 Å². The predicted octanol–water partition coefficient (Wildman–Crippen LogP) is 2.16. The Morgan fingerprint density at radius 1 is 1.37 bits per heavy atom. The van der Waals surface area contributed by atoms with Gasteiger partial charge in [0.2, 0.25) is 11.7 Å². The van der Waals surface area contributed by atoms with Gasteiger partial charge in [-0.15, -0.1) is 0 Å². The van der Waals surface area contributed by atoms with Crippen LogP contribution in [0.4, 0.5) is 0 Å². The van der Waals surface area contributed by atoms with Crippen molar-refractivity contribution in [1.82, 2.24) is 10.1 Å². The van der Waals surface area contributed by atoms with E-state index in [9.17, 15) is 0 Å². The van der Waals surface area contributed by atoms with Gasteiger partial charge in [0.15, 0.2) is 0 Å². The van der Waals surface area contributed by atoms with Crippen LogP contribution in [0.25, 0.3) is 0 Å². The molecule has 1 aromatic heterocycles. The van der Waals surface area contributed by atoms with Crippen LogP contribution in [-0.2, 0) is 16.8 Å². The van der Waals surface area contributed by atoms with Gasteiger partial charge in [-0.05, 0) is 38.0 Å². The highest BCUT2D eigenvalue weighted by Gasteiger charge is 2.43. The van der Waals surface area contributed by atoms with E-state index in [2.05, 4.69) is 10.1 Å². The maximum Gasteiger partial charge on any atom is 0.228 e. The van der Waals surface area contributed by atoms with Crippen LogP contribution in [0.1, 0.15) is 56.7 Å². The molecule has 0 amide bonds. The molecular formula is C14H23N3O2. The second kappa shape index (κ2) is 5.21. The van der Waals surface area contributed by atoms with Gasteiger partial charge in [0.05, 0.1) is 0 Å². The second-order valence-corrected chi connectivity index (χ2v) is 5.98. The topological polar surface area (TPSA) is 74.2 Å². The molecule has 0 saturated heterocycles. The average Bonchev–Trinajstić information content (AvgIpc) is 2.99. The largest absolute Gasteiger partial charge is 0.370 e. The summed E-state index contributed by atoms with van der Waals surface area (Å²) in [5.41, 5.74) is 5.96. The highest BCUT2D eigenvalue weighted by atomic mass is 16.5. The Balaban J connectivity index is 1.64. The van der Waals surface area contributed by atoms with E-state index in [1.165, 1.54) is 32.1 Å². The van der Waals surface area contributed by atoms with Crippen LogP contribution in [0, 0.1) is 5.92 Å². The van der Waals surface area contributed by atoms with Crippen LogP contribution >= 0.6 is 0 Å². The Morgan fingerprint density at radius 3 is 2.68 bits per heavy atom. The Bertz CT molecular complexity index is 417. The van der Waals surface area contributed by atoms with Crippen LogP contribution < -0.4 is 5.73 Å². The number of nitrogens with zero attached hydrogens (tertiary/aromatic N) is 2. The lowest BCUT2D eigenvalue weighted by Gasteiger charge is -2.37. The molecule has 5 nitrogen and oxygen atoms in total. The molecule has 1 aromatic rings. The van der Waals surface area contributed by atoms with Crippen molar-refractivity contribution in [2.45, 2.75) is 63.0 Å². The average molecular weight is 265 g/mol. The summed E-state index contributed by atoms with van der Waals surface area (Å²) in [6, 6.07) is 0.149. The first kappa shape index (κ1) is 13.1. The van der Waals surface area contributed by atoms with Crippen molar-refractivity contribution in [3.05, 3.63) is 11.7 Å². The standard InChI is InChI=1S/C14H23N3O2/c1-18-14(7-4-8-14)13-16-12(19-17-13)9-11(15)10-5-2-3-6-10/h10-11H,2-9,15H2,1H3. The molecule has 2 fully saturated rings. The second-order valence-electron chi connectivity index (χ2n) is 5.98. The Labute approximate surface area is 113 Å². The summed E-state index contributed by atoms with van der Waals surface area (Å²) in [6.07, 6.45) is 8.92. The first-order valence-corrected chi connectivity index (χ1v) is 7.37. The first-order valence-electron chi connectivity index (χ1n) is 7.37. The van der Waals surface area contributed by atoms with E-state index < -0.39 is 0 Å². The summed E-state index contributed by atoms with van der Waals surface area (Å²) in [5.74, 6) is 1.99. The third kappa shape index (κ3) is 2.41. The Morgan fingerprint density at radius 2 is 2.11 bits per heavy atom. The van der Waals surface area contributed by atoms with Crippen LogP contribution in [0.15, 0.2) is 4.52 Å². The molecule has 19 heavy (non-hydrogen) atoms. The van der Waals surface area contributed by atoms with Crippen molar-refractivity contribution >= 4 is 0 Å². The number of methoxy groups -OCH3 is 1. The van der Waals surface area contributed by atoms with Crippen LogP contribution in [0.3, 0.4) is 0 Å². The van der Waals surface area contributed by atoms with E-state index in [0.717, 1.165) is 12.8 Å². The number of nitrogens with two attached hydrogens (primary N) is 1. The maximum absolute atomic E-state index is 6.25. The lowest BCUT2D eigenvalue weighted by Crippen LogP contribution is -2.37. The minimum atomic E-state index is -0.292. The van der Waals surface area contributed by atoms with E-state index in [1.54, 1.807) is 7.11 Å². The molecule has 0 spiro atoms. The summed E-state index contributed by atoms with van der Waals surface area (Å²) in [6.45, 7) is 0. The zero-order valence-corrected chi connectivity index (χ0v) is 11.6. The molecular weight excluding hydrogens is 242 g/mol. The van der Waals surface area contributed by atoms with Crippen molar-refractivity contribution in [2.75, 3.05) is 7.11 Å². The van der Waals surface area contributed by atoms with Gasteiger partial charge in [-0.1, -0.05) is 18.0 Å². The molecule has 0 bridgehead atoms. The molecule has 2 N–H and O–H groups in total. The number of ether oxygens (including phenoxy) is 1. The van der Waals surface area contributed by atoms with Gasteiger partial charge in [0.25, 0.3) is 0 Å². The smallest absolute Gasteiger partial charge is 0.228 e. The molecule has 2 aliphatic carbocycles. The third-order valence-electron chi connectivity index (χ3n) is 4.84. The van der Waals surface area contributed by atoms with Crippen molar-refractivity contribution in [3.63, 3.8) is 0 Å². The molecule has 1 heterocycles. The molecule has 0 aromatic carbocycles. The number of aromatic nitrogens is 2. The van der Waals surface area contributed by atoms with Gasteiger partial charge in [0, 0.05) is 19.6 Å². The molecule has 0 radical (unpaired) electrons. The van der Waals surface area contributed by atoms with Gasteiger partial charge < -0.3 is 15.0 Å². The van der Waals surface area contributed by atoms with Gasteiger partial charge in [-0.3, -0.25) is 0 Å². The zero-order valence-electron chi connectivity index (χ0n) is 11.6. The fraction of sp³-hybridized carbons (Fsp3) is 0.857. The van der Waals surface area contributed by atoms with E-state index in [1.807, 2.05) is 0 Å². The van der Waals surface area contributed by atoms with E-state index in [0.29, 0.717) is 24.1 Å². The summed E-state index contributed by atoms with van der Waals surface area (Å²) in [7, 11) is 1.72. The van der Waals surface area contributed by atoms with Gasteiger partial charge in [-0.2, -0.15) is 4.98 Å². The van der Waals surface area contributed by atoms with Crippen molar-refractivity contribution in [2.24, 2.45) is 11.7 Å². The number of rotatable bonds is 5. The number of hydrogen-bond acceptors (Lipinski definition) is 5. The number of hydrogen-bond donors (Lipinski definition) is 1. The fourth-order valence-electron chi connectivity index (χ4n) is 3.29. The molecule has 5 heteroatoms. The Kier molecular flexibility index (Phi) is 3.58. The minimum Gasteiger partial charge on any atom is -0.370 e. The summed E-state index contributed by atoms with van der Waals surface area (Å²) >= 11 is 0. The normalized spacial score (nSPS) is 24.3. The summed E-state index contributed by atoms with van der Waals surface area (Å²) in [4.78, 5) is 4.50. The van der Waals surface area contributed by atoms with Gasteiger partial charge >= 0.3 is 0 Å². The monoisotopic (exact) mass is 265 g/mol. The lowest BCUT2D eigenvalue weighted by molar-refractivity contribution is -0.0858. The highest BCUT2D eigenvalue weighted by Crippen LogP contribution is 2.42. The van der Waals surface area contributed by atoms with E-state index in [-0.39, 0.29) is 11.6 Å². The quantitative estimate of drug-likeness (QED) is 0.883. The third-order valence-corrected chi connectivity index (χ3v) is 4.84. The first-order chi connectivity index (χ1) is 9.23. The van der Waals surface area contributed by atoms with Gasteiger partial charge in [-0.25, -0.2) is 0 Å². The highest BCUT2D eigenvalue weighted by molar-refractivity contribution is 5.07. The zero-order chi connectivity index (χ0) is 13.3. The molecule has 106 valence electrons. The molecule has 2 saturated carbocycles. The predicted molar refractivity (Wildman–Crippen MR) is 70.5 cm³/mol. The van der Waals surface area contributed by atoms with Crippen LogP contribution in [0.2, 0.25) is 0 Å². The Hall–Kier alpha value is -0.940. The SMILES string of the molecule is COC1(c2noc(CC(N)C3CCCC3)n2)CCC1. The molecule has 2 aliphatic rings. The van der Waals surface area contributed by atoms with Crippen molar-refractivity contribution < 1.29 is 9.26 Å². The van der Waals surface area contributed by atoms with Crippen LogP contribution in [0.5, 0.6) is 0 Å². The minimum absolute atomic E-state index is 0.149. The summed E-state index contributed by atoms with van der Waals surface area (Å²) < 4.78 is 10.9. The van der Waals surface area contributed by atoms with E-state index in [4.69, 9.17) is 15.0 Å². The lowest BCUT2D eigenvalue weighted by atomic mass is 9.79. The molecule has 3 rings (SSSR count).